The van der Waals surface area contributed by atoms with Crippen molar-refractivity contribution in [2.45, 2.75) is 5.92 Å². The fourth-order valence-corrected chi connectivity index (χ4v) is 1.76. The first-order valence-corrected chi connectivity index (χ1v) is 7.32. The first kappa shape index (κ1) is 18.4. The van der Waals surface area contributed by atoms with Crippen LogP contribution in [0.15, 0.2) is 47.1 Å². The number of benzene rings is 1. The van der Waals surface area contributed by atoms with Crippen LogP contribution < -0.4 is 21.1 Å². The van der Waals surface area contributed by atoms with Crippen molar-refractivity contribution in [2.75, 3.05) is 25.0 Å². The fraction of sp³-hybridized carbons (Fsp3) is 0.250. The maximum Gasteiger partial charge on any atom is 0.291 e. The van der Waals surface area contributed by atoms with Crippen molar-refractivity contribution >= 4 is 17.5 Å². The summed E-state index contributed by atoms with van der Waals surface area (Å²) in [6.07, 6.45) is 1.38. The molecule has 1 aromatic heterocycles. The highest BCUT2D eigenvalue weighted by atomic mass is 19.3. The van der Waals surface area contributed by atoms with Crippen LogP contribution in [0, 0.1) is 0 Å². The lowest BCUT2D eigenvalue weighted by Crippen LogP contribution is -2.43. The van der Waals surface area contributed by atoms with Gasteiger partial charge < -0.3 is 25.5 Å². The van der Waals surface area contributed by atoms with Gasteiger partial charge in [-0.05, 0) is 24.3 Å². The Labute approximate surface area is 142 Å². The third-order valence-electron chi connectivity index (χ3n) is 3.05. The van der Waals surface area contributed by atoms with Gasteiger partial charge >= 0.3 is 0 Å². The Morgan fingerprint density at radius 3 is 2.72 bits per heavy atom. The number of ether oxygens (including phenoxy) is 1. The molecular formula is C16H17F2N3O4. The number of nitrogens with one attached hydrogen (secondary N) is 2. The lowest BCUT2D eigenvalue weighted by molar-refractivity contribution is -0.124. The highest BCUT2D eigenvalue weighted by Crippen LogP contribution is 2.18. The minimum Gasteiger partial charge on any atom is -0.484 e. The number of amides is 2. The van der Waals surface area contributed by atoms with Crippen molar-refractivity contribution in [3.63, 3.8) is 0 Å². The number of carbonyl (C=O) groups is 2. The number of furan rings is 1. The van der Waals surface area contributed by atoms with E-state index in [-0.39, 0.29) is 11.5 Å². The summed E-state index contributed by atoms with van der Waals surface area (Å²) < 4.78 is 36.1. The molecule has 9 heteroatoms. The van der Waals surface area contributed by atoms with Crippen molar-refractivity contribution in [1.29, 1.82) is 0 Å². The molecule has 0 atom stereocenters. The number of nitrogens with two attached hydrogens (primary N) is 1. The Morgan fingerprint density at radius 2 is 2.04 bits per heavy atom. The van der Waals surface area contributed by atoms with Crippen LogP contribution in [0.1, 0.15) is 10.6 Å². The van der Waals surface area contributed by atoms with Gasteiger partial charge in [0.05, 0.1) is 19.4 Å². The molecule has 7 nitrogen and oxygen atoms in total. The molecule has 0 spiro atoms. The zero-order valence-corrected chi connectivity index (χ0v) is 13.1. The van der Waals surface area contributed by atoms with Crippen LogP contribution in [0.25, 0.3) is 0 Å². The molecule has 0 bridgehead atoms. The summed E-state index contributed by atoms with van der Waals surface area (Å²) >= 11 is 0. The summed E-state index contributed by atoms with van der Waals surface area (Å²) in [5.41, 5.74) is 5.30. The molecule has 0 radical (unpaired) electrons. The smallest absolute Gasteiger partial charge is 0.291 e. The van der Waals surface area contributed by atoms with Gasteiger partial charge in [-0.2, -0.15) is 0 Å². The van der Waals surface area contributed by atoms with Crippen LogP contribution in [-0.2, 0) is 4.79 Å². The molecule has 0 aliphatic heterocycles. The molecule has 2 aromatic rings. The second-order valence-electron chi connectivity index (χ2n) is 5.08. The third kappa shape index (κ3) is 5.88. The number of rotatable bonds is 8. The van der Waals surface area contributed by atoms with E-state index < -0.39 is 37.4 Å². The van der Waals surface area contributed by atoms with Gasteiger partial charge in [-0.3, -0.25) is 9.59 Å². The Morgan fingerprint density at radius 1 is 1.24 bits per heavy atom. The Balaban J connectivity index is 1.85. The van der Waals surface area contributed by atoms with E-state index in [1.807, 2.05) is 5.32 Å². The van der Waals surface area contributed by atoms with Crippen molar-refractivity contribution in [2.24, 2.45) is 5.73 Å². The largest absolute Gasteiger partial charge is 0.484 e. The average molecular weight is 353 g/mol. The van der Waals surface area contributed by atoms with Crippen molar-refractivity contribution in [3.8, 4) is 5.75 Å². The van der Waals surface area contributed by atoms with Crippen molar-refractivity contribution in [3.05, 3.63) is 48.4 Å². The Bertz CT molecular complexity index is 720. The highest BCUT2D eigenvalue weighted by molar-refractivity contribution is 6.02. The molecule has 0 saturated heterocycles. The average Bonchev–Trinajstić information content (AvgIpc) is 3.13. The fourth-order valence-electron chi connectivity index (χ4n) is 1.76. The second kappa shape index (κ2) is 8.25. The van der Waals surface area contributed by atoms with E-state index in [9.17, 15) is 18.4 Å². The van der Waals surface area contributed by atoms with E-state index >= 15 is 0 Å². The second-order valence-corrected chi connectivity index (χ2v) is 5.08. The first-order chi connectivity index (χ1) is 11.9. The molecule has 4 N–H and O–H groups in total. The van der Waals surface area contributed by atoms with Crippen molar-refractivity contribution < 1.29 is 27.5 Å². The number of hydrogen-bond acceptors (Lipinski definition) is 5. The van der Waals surface area contributed by atoms with Crippen molar-refractivity contribution in [1.82, 2.24) is 5.32 Å². The van der Waals surface area contributed by atoms with Gasteiger partial charge in [-0.25, -0.2) is 8.78 Å². The predicted molar refractivity (Wildman–Crippen MR) is 85.6 cm³/mol. The minimum absolute atomic E-state index is 0.145. The van der Waals surface area contributed by atoms with E-state index in [0.29, 0.717) is 5.69 Å². The summed E-state index contributed by atoms with van der Waals surface area (Å²) in [7, 11) is 0. The van der Waals surface area contributed by atoms with Crippen LogP contribution >= 0.6 is 0 Å². The quantitative estimate of drug-likeness (QED) is 0.669. The van der Waals surface area contributed by atoms with Crippen LogP contribution in [-0.4, -0.2) is 37.4 Å². The monoisotopic (exact) mass is 353 g/mol. The van der Waals surface area contributed by atoms with E-state index in [1.165, 1.54) is 18.4 Å². The first-order valence-electron chi connectivity index (χ1n) is 7.32. The summed E-state index contributed by atoms with van der Waals surface area (Å²) in [5, 5.41) is 4.63. The molecule has 134 valence electrons. The van der Waals surface area contributed by atoms with Crippen LogP contribution in [0.3, 0.4) is 0 Å². The zero-order valence-electron chi connectivity index (χ0n) is 13.1. The molecule has 2 rings (SSSR count). The van der Waals surface area contributed by atoms with Crippen LogP contribution in [0.2, 0.25) is 0 Å². The summed E-state index contributed by atoms with van der Waals surface area (Å²) in [6, 6.07) is 9.37. The maximum atomic E-state index is 12.9. The van der Waals surface area contributed by atoms with E-state index in [1.54, 1.807) is 24.3 Å². The number of carbonyl (C=O) groups excluding carboxylic acids is 2. The van der Waals surface area contributed by atoms with Gasteiger partial charge in [0.1, 0.15) is 5.75 Å². The number of anilines is 1. The molecule has 2 amide bonds. The molecule has 25 heavy (non-hydrogen) atoms. The number of hydrogen-bond donors (Lipinski definition) is 3. The zero-order chi connectivity index (χ0) is 18.3. The van der Waals surface area contributed by atoms with E-state index in [2.05, 4.69) is 5.32 Å². The standard InChI is InChI=1S/C16H17F2N3O4/c17-16(18,9-19)10-20-14(22)8-25-12-4-1-3-11(7-12)21-15(23)13-5-2-6-24-13/h1-7H,8-10,19H2,(H,20,22)(H,21,23). The van der Waals surface area contributed by atoms with Gasteiger partial charge in [0, 0.05) is 11.8 Å². The molecule has 0 saturated carbocycles. The molecule has 1 aromatic carbocycles. The van der Waals surface area contributed by atoms with Crippen LogP contribution in [0.5, 0.6) is 5.75 Å². The third-order valence-corrected chi connectivity index (χ3v) is 3.05. The van der Waals surface area contributed by atoms with Gasteiger partial charge in [-0.1, -0.05) is 6.07 Å². The van der Waals surface area contributed by atoms with Gasteiger partial charge in [0.2, 0.25) is 0 Å². The molecule has 0 fully saturated rings. The van der Waals surface area contributed by atoms with Gasteiger partial charge in [-0.15, -0.1) is 0 Å². The van der Waals surface area contributed by atoms with E-state index in [0.717, 1.165) is 0 Å². The lowest BCUT2D eigenvalue weighted by Gasteiger charge is -2.14. The highest BCUT2D eigenvalue weighted by Gasteiger charge is 2.27. The molecule has 0 aliphatic carbocycles. The number of alkyl halides is 2. The molecule has 1 heterocycles. The van der Waals surface area contributed by atoms with Gasteiger partial charge in [0.15, 0.2) is 12.4 Å². The van der Waals surface area contributed by atoms with Crippen LogP contribution in [0.4, 0.5) is 14.5 Å². The summed E-state index contributed by atoms with van der Waals surface area (Å²) in [5.74, 6) is -3.88. The Hall–Kier alpha value is -2.94. The maximum absolute atomic E-state index is 12.9. The molecule has 0 aliphatic rings. The normalized spacial score (nSPS) is 11.0. The SMILES string of the molecule is NCC(F)(F)CNC(=O)COc1cccc(NC(=O)c2ccco2)c1. The summed E-state index contributed by atoms with van der Waals surface area (Å²) in [4.78, 5) is 23.4. The molecular weight excluding hydrogens is 336 g/mol. The molecule has 0 unspecified atom stereocenters. The number of halogens is 2. The summed E-state index contributed by atoms with van der Waals surface area (Å²) in [6.45, 7) is -2.16. The Kier molecular flexibility index (Phi) is 6.07. The minimum atomic E-state index is -3.16. The van der Waals surface area contributed by atoms with E-state index in [4.69, 9.17) is 14.9 Å². The topological polar surface area (TPSA) is 107 Å². The predicted octanol–water partition coefficient (Wildman–Crippen LogP) is 1.62. The van der Waals surface area contributed by atoms with Gasteiger partial charge in [0.25, 0.3) is 17.7 Å². The lowest BCUT2D eigenvalue weighted by atomic mass is 10.3.